The second-order valence-electron chi connectivity index (χ2n) is 5.84. The molecule has 3 rings (SSSR count). The van der Waals surface area contributed by atoms with Gasteiger partial charge in [-0.15, -0.1) is 0 Å². The summed E-state index contributed by atoms with van der Waals surface area (Å²) < 4.78 is 37.2. The van der Waals surface area contributed by atoms with Gasteiger partial charge in [0, 0.05) is 24.2 Å². The van der Waals surface area contributed by atoms with Gasteiger partial charge in [-0.25, -0.2) is 12.8 Å². The van der Waals surface area contributed by atoms with E-state index in [4.69, 9.17) is 0 Å². The number of nitrogens with one attached hydrogen (secondary N) is 3. The molecule has 3 N–H and O–H groups in total. The van der Waals surface area contributed by atoms with Crippen LogP contribution >= 0.6 is 0 Å². The van der Waals surface area contributed by atoms with Crippen LogP contribution in [-0.2, 0) is 9.84 Å². The zero-order chi connectivity index (χ0) is 16.6. The molecule has 8 heteroatoms. The molecular weight excluding hydrogens is 321 g/mol. The third-order valence-electron chi connectivity index (χ3n) is 3.93. The summed E-state index contributed by atoms with van der Waals surface area (Å²) in [7, 11) is -3.60. The van der Waals surface area contributed by atoms with Gasteiger partial charge in [-0.3, -0.25) is 4.79 Å². The fraction of sp³-hybridized carbons (Fsp3) is 0.400. The van der Waals surface area contributed by atoms with E-state index in [1.54, 1.807) is 0 Å². The first-order valence-corrected chi connectivity index (χ1v) is 9.27. The molecule has 1 aliphatic heterocycles. The number of carbonyl (C=O) groups is 1. The first-order chi connectivity index (χ1) is 10.8. The second-order valence-corrected chi connectivity index (χ2v) is 7.82. The number of aromatic amines is 1. The van der Waals surface area contributed by atoms with Crippen LogP contribution in [0.15, 0.2) is 23.1 Å². The van der Waals surface area contributed by atoms with Crippen molar-refractivity contribution >= 4 is 26.6 Å². The van der Waals surface area contributed by atoms with Gasteiger partial charge in [0.2, 0.25) is 0 Å². The van der Waals surface area contributed by atoms with Crippen molar-refractivity contribution in [1.82, 2.24) is 15.6 Å². The highest BCUT2D eigenvalue weighted by atomic mass is 32.2. The quantitative estimate of drug-likeness (QED) is 0.783. The van der Waals surface area contributed by atoms with E-state index < -0.39 is 15.7 Å². The topological polar surface area (TPSA) is 91.1 Å². The average Bonchev–Trinajstić information content (AvgIpc) is 2.90. The van der Waals surface area contributed by atoms with Gasteiger partial charge in [-0.2, -0.15) is 0 Å². The van der Waals surface area contributed by atoms with Gasteiger partial charge in [-0.05, 0) is 37.6 Å². The molecule has 0 spiro atoms. The minimum Gasteiger partial charge on any atom is -0.349 e. The predicted molar refractivity (Wildman–Crippen MR) is 84.7 cm³/mol. The van der Waals surface area contributed by atoms with Gasteiger partial charge in [0.1, 0.15) is 11.5 Å². The molecule has 1 aromatic heterocycles. The number of carbonyl (C=O) groups excluding carboxylic acids is 1. The van der Waals surface area contributed by atoms with E-state index in [-0.39, 0.29) is 28.1 Å². The summed E-state index contributed by atoms with van der Waals surface area (Å²) in [4.78, 5) is 15.0. The molecule has 1 amide bonds. The minimum atomic E-state index is -3.60. The van der Waals surface area contributed by atoms with Crippen molar-refractivity contribution in [2.24, 2.45) is 0 Å². The van der Waals surface area contributed by atoms with Crippen LogP contribution in [0.25, 0.3) is 10.9 Å². The molecule has 0 aliphatic carbocycles. The number of fused-ring (bicyclic) bond motifs is 1. The predicted octanol–water partition coefficient (Wildman–Crippen LogP) is 1.19. The van der Waals surface area contributed by atoms with Crippen molar-refractivity contribution in [2.45, 2.75) is 23.8 Å². The summed E-state index contributed by atoms with van der Waals surface area (Å²) >= 11 is 0. The van der Waals surface area contributed by atoms with E-state index in [0.29, 0.717) is 11.9 Å². The highest BCUT2D eigenvalue weighted by Gasteiger charge is 2.20. The summed E-state index contributed by atoms with van der Waals surface area (Å²) in [6, 6.07) is 3.67. The highest BCUT2D eigenvalue weighted by molar-refractivity contribution is 7.91. The van der Waals surface area contributed by atoms with Crippen LogP contribution < -0.4 is 10.6 Å². The molecule has 23 heavy (non-hydrogen) atoms. The number of halogens is 1. The third-order valence-corrected chi connectivity index (χ3v) is 5.05. The molecule has 2 aromatic rings. The van der Waals surface area contributed by atoms with Gasteiger partial charge in [-0.1, -0.05) is 0 Å². The summed E-state index contributed by atoms with van der Waals surface area (Å²) in [5, 5.41) is 6.45. The van der Waals surface area contributed by atoms with E-state index in [1.807, 2.05) is 0 Å². The normalized spacial score (nSPS) is 19.0. The largest absolute Gasteiger partial charge is 0.349 e. The summed E-state index contributed by atoms with van der Waals surface area (Å²) in [6.45, 7) is 1.64. The van der Waals surface area contributed by atoms with Crippen LogP contribution in [0.4, 0.5) is 4.39 Å². The monoisotopic (exact) mass is 339 g/mol. The maximum atomic E-state index is 13.6. The Labute approximate surface area is 133 Å². The Hall–Kier alpha value is -1.93. The molecule has 0 unspecified atom stereocenters. The van der Waals surface area contributed by atoms with Gasteiger partial charge >= 0.3 is 0 Å². The minimum absolute atomic E-state index is 0.0359. The average molecular weight is 339 g/mol. The van der Waals surface area contributed by atoms with Crippen LogP contribution in [0.3, 0.4) is 0 Å². The highest BCUT2D eigenvalue weighted by Crippen LogP contribution is 2.25. The smallest absolute Gasteiger partial charge is 0.267 e. The molecular formula is C15H18FN3O3S. The Kier molecular flexibility index (Phi) is 4.11. The van der Waals surface area contributed by atoms with Crippen LogP contribution in [0.1, 0.15) is 23.3 Å². The lowest BCUT2D eigenvalue weighted by Crippen LogP contribution is -2.45. The van der Waals surface area contributed by atoms with Crippen LogP contribution in [-0.4, -0.2) is 44.7 Å². The van der Waals surface area contributed by atoms with Crippen molar-refractivity contribution in [3.8, 4) is 0 Å². The number of piperidine rings is 1. The van der Waals surface area contributed by atoms with E-state index in [1.165, 1.54) is 12.1 Å². The van der Waals surface area contributed by atoms with Gasteiger partial charge in [0.05, 0.1) is 10.4 Å². The summed E-state index contributed by atoms with van der Waals surface area (Å²) in [6.07, 6.45) is 2.89. The zero-order valence-corrected chi connectivity index (χ0v) is 13.5. The lowest BCUT2D eigenvalue weighted by Gasteiger charge is -2.23. The Balaban J connectivity index is 1.95. The maximum Gasteiger partial charge on any atom is 0.267 e. The molecule has 2 heterocycles. The summed E-state index contributed by atoms with van der Waals surface area (Å²) in [5.74, 6) is -0.977. The van der Waals surface area contributed by atoms with Crippen molar-refractivity contribution in [1.29, 1.82) is 0 Å². The molecule has 1 atom stereocenters. The number of hydrogen-bond acceptors (Lipinski definition) is 4. The second kappa shape index (κ2) is 5.93. The Morgan fingerprint density at radius 1 is 1.35 bits per heavy atom. The standard InChI is InChI=1S/C15H18FN3O3S/c1-23(21,22)13-7-10(16)5-9-6-12(19-14(9)13)15(20)18-11-3-2-4-17-8-11/h5-7,11,17,19H,2-4,8H2,1H3,(H,18,20)/t11-/m1/s1. The number of rotatable bonds is 3. The number of hydrogen-bond donors (Lipinski definition) is 3. The molecule has 1 aliphatic rings. The van der Waals surface area contributed by atoms with Gasteiger partial charge < -0.3 is 15.6 Å². The molecule has 6 nitrogen and oxygen atoms in total. The fourth-order valence-corrected chi connectivity index (χ4v) is 3.70. The van der Waals surface area contributed by atoms with Crippen LogP contribution in [0.2, 0.25) is 0 Å². The van der Waals surface area contributed by atoms with Crippen molar-refractivity contribution in [2.75, 3.05) is 19.3 Å². The maximum absolute atomic E-state index is 13.6. The fourth-order valence-electron chi connectivity index (χ4n) is 2.83. The number of aromatic nitrogens is 1. The van der Waals surface area contributed by atoms with E-state index in [0.717, 1.165) is 31.7 Å². The molecule has 0 radical (unpaired) electrons. The van der Waals surface area contributed by atoms with Gasteiger partial charge in [0.15, 0.2) is 9.84 Å². The Morgan fingerprint density at radius 3 is 2.78 bits per heavy atom. The molecule has 1 aromatic carbocycles. The first-order valence-electron chi connectivity index (χ1n) is 7.38. The molecule has 0 bridgehead atoms. The number of benzene rings is 1. The SMILES string of the molecule is CS(=O)(=O)c1cc(F)cc2cc(C(=O)N[C@@H]3CCCNC3)[nH]c12. The zero-order valence-electron chi connectivity index (χ0n) is 12.6. The Bertz CT molecular complexity index is 854. The lowest BCUT2D eigenvalue weighted by molar-refractivity contribution is 0.0926. The Morgan fingerprint density at radius 2 is 2.13 bits per heavy atom. The van der Waals surface area contributed by atoms with Crippen LogP contribution in [0, 0.1) is 5.82 Å². The van der Waals surface area contributed by atoms with E-state index in [9.17, 15) is 17.6 Å². The number of amides is 1. The van der Waals surface area contributed by atoms with Crippen LogP contribution in [0.5, 0.6) is 0 Å². The van der Waals surface area contributed by atoms with Crippen molar-refractivity contribution in [3.05, 3.63) is 29.7 Å². The van der Waals surface area contributed by atoms with Crippen molar-refractivity contribution < 1.29 is 17.6 Å². The third kappa shape index (κ3) is 3.37. The molecule has 124 valence electrons. The number of H-pyrrole nitrogens is 1. The first kappa shape index (κ1) is 15.9. The van der Waals surface area contributed by atoms with E-state index >= 15 is 0 Å². The number of sulfone groups is 1. The molecule has 1 saturated heterocycles. The van der Waals surface area contributed by atoms with Gasteiger partial charge in [0.25, 0.3) is 5.91 Å². The van der Waals surface area contributed by atoms with E-state index in [2.05, 4.69) is 15.6 Å². The summed E-state index contributed by atoms with van der Waals surface area (Å²) in [5.41, 5.74) is 0.474. The lowest BCUT2D eigenvalue weighted by atomic mass is 10.1. The van der Waals surface area contributed by atoms with Crippen molar-refractivity contribution in [3.63, 3.8) is 0 Å². The molecule has 1 fully saturated rings. The molecule has 0 saturated carbocycles.